The van der Waals surface area contributed by atoms with Gasteiger partial charge in [0.15, 0.2) is 0 Å². The maximum atomic E-state index is 13.0. The highest BCUT2D eigenvalue weighted by atomic mass is 16.5. The van der Waals surface area contributed by atoms with Crippen LogP contribution >= 0.6 is 0 Å². The Morgan fingerprint density at radius 3 is 2.27 bits per heavy atom. The van der Waals surface area contributed by atoms with Gasteiger partial charge in [0.05, 0.1) is 25.3 Å². The van der Waals surface area contributed by atoms with E-state index in [0.717, 1.165) is 24.1 Å². The van der Waals surface area contributed by atoms with Crippen LogP contribution in [0.15, 0.2) is 0 Å². The Bertz CT molecular complexity index is 900. The van der Waals surface area contributed by atoms with E-state index in [0.29, 0.717) is 69.9 Å². The summed E-state index contributed by atoms with van der Waals surface area (Å²) in [5, 5.41) is 12.9. The van der Waals surface area contributed by atoms with Gasteiger partial charge in [0, 0.05) is 51.0 Å². The van der Waals surface area contributed by atoms with E-state index in [-0.39, 0.29) is 18.5 Å². The number of carbonyl (C=O) groups excluding carboxylic acids is 2. The van der Waals surface area contributed by atoms with E-state index in [4.69, 9.17) is 4.74 Å². The molecule has 9 heteroatoms. The third-order valence-corrected chi connectivity index (χ3v) is 7.36. The number of aromatic nitrogens is 1. The van der Waals surface area contributed by atoms with Crippen LogP contribution in [0.25, 0.3) is 0 Å². The number of anilines is 1. The fourth-order valence-electron chi connectivity index (χ4n) is 5.31. The van der Waals surface area contributed by atoms with Gasteiger partial charge in [-0.05, 0) is 32.3 Å². The number of hydrogen-bond acceptors (Lipinski definition) is 5. The zero-order valence-electron chi connectivity index (χ0n) is 19.9. The molecule has 33 heavy (non-hydrogen) atoms. The molecular weight excluding hydrogens is 420 g/mol. The van der Waals surface area contributed by atoms with Crippen molar-refractivity contribution in [3.8, 4) is 6.07 Å². The van der Waals surface area contributed by atoms with E-state index >= 15 is 0 Å². The number of nitrogens with one attached hydrogen (secondary N) is 1. The van der Waals surface area contributed by atoms with Gasteiger partial charge in [-0.3, -0.25) is 9.69 Å². The number of ether oxygens (including phenoxy) is 1. The van der Waals surface area contributed by atoms with Gasteiger partial charge in [-0.15, -0.1) is 0 Å². The number of carbonyl (C=O) groups is 2. The van der Waals surface area contributed by atoms with Gasteiger partial charge >= 0.3 is 6.03 Å². The molecule has 3 fully saturated rings. The molecule has 0 radical (unpaired) electrons. The molecule has 0 unspecified atom stereocenters. The minimum absolute atomic E-state index is 0.0670. The molecule has 2 saturated heterocycles. The summed E-state index contributed by atoms with van der Waals surface area (Å²) >= 11 is 0. The lowest BCUT2D eigenvalue weighted by Crippen LogP contribution is -2.55. The monoisotopic (exact) mass is 456 g/mol. The van der Waals surface area contributed by atoms with Crippen molar-refractivity contribution in [2.75, 3.05) is 64.3 Å². The largest absolute Gasteiger partial charge is 0.378 e. The molecule has 3 aliphatic rings. The minimum atomic E-state index is -0.103. The predicted molar refractivity (Wildman–Crippen MR) is 125 cm³/mol. The van der Waals surface area contributed by atoms with Gasteiger partial charge in [-0.25, -0.2) is 4.79 Å². The molecule has 3 amide bonds. The Balaban J connectivity index is 1.36. The van der Waals surface area contributed by atoms with Gasteiger partial charge in [0.2, 0.25) is 5.91 Å². The lowest BCUT2D eigenvalue weighted by molar-refractivity contribution is -0.117. The second-order valence-corrected chi connectivity index (χ2v) is 9.40. The summed E-state index contributed by atoms with van der Waals surface area (Å²) in [6.07, 6.45) is 5.79. The number of urea groups is 1. The molecule has 180 valence electrons. The van der Waals surface area contributed by atoms with E-state index in [1.54, 1.807) is 0 Å². The first-order chi connectivity index (χ1) is 16.0. The van der Waals surface area contributed by atoms with Crippen LogP contribution in [0.1, 0.15) is 55.0 Å². The lowest BCUT2D eigenvalue weighted by atomic mass is 9.95. The highest BCUT2D eigenvalue weighted by molar-refractivity contribution is 5.93. The number of nitriles is 1. The molecule has 1 aromatic heterocycles. The fraction of sp³-hybridized carbons (Fsp3) is 0.708. The number of piperazine rings is 1. The molecule has 0 spiro atoms. The van der Waals surface area contributed by atoms with Crippen LogP contribution in [0.3, 0.4) is 0 Å². The van der Waals surface area contributed by atoms with Crippen molar-refractivity contribution in [2.45, 2.75) is 52.0 Å². The molecule has 3 heterocycles. The maximum Gasteiger partial charge on any atom is 0.320 e. The smallest absolute Gasteiger partial charge is 0.320 e. The van der Waals surface area contributed by atoms with Crippen LogP contribution in [0.5, 0.6) is 0 Å². The average Bonchev–Trinajstić information content (AvgIpc) is 3.08. The molecule has 1 aromatic rings. The molecule has 1 N–H and O–H groups in total. The van der Waals surface area contributed by atoms with E-state index < -0.39 is 0 Å². The molecule has 1 aliphatic carbocycles. The highest BCUT2D eigenvalue weighted by Gasteiger charge is 2.29. The van der Waals surface area contributed by atoms with Crippen molar-refractivity contribution < 1.29 is 14.3 Å². The van der Waals surface area contributed by atoms with Gasteiger partial charge in [0.25, 0.3) is 0 Å². The third kappa shape index (κ3) is 5.17. The van der Waals surface area contributed by atoms with Crippen molar-refractivity contribution in [1.82, 2.24) is 19.3 Å². The number of nitrogens with zero attached hydrogens (tertiary/aromatic N) is 5. The third-order valence-electron chi connectivity index (χ3n) is 7.36. The quantitative estimate of drug-likeness (QED) is 0.751. The number of amides is 3. The first-order valence-electron chi connectivity index (χ1n) is 12.2. The van der Waals surface area contributed by atoms with Gasteiger partial charge < -0.3 is 24.4 Å². The molecule has 0 atom stereocenters. The van der Waals surface area contributed by atoms with E-state index in [9.17, 15) is 14.9 Å². The Hall–Kier alpha value is -2.57. The highest BCUT2D eigenvalue weighted by Crippen LogP contribution is 2.36. The van der Waals surface area contributed by atoms with Crippen molar-refractivity contribution in [3.63, 3.8) is 0 Å². The SMILES string of the molecule is Cc1c(C#N)c(NC(=O)CN2CCN(C(=O)N3CCOCC3)CC2)n(C2CCCCC2)c1C. The first kappa shape index (κ1) is 23.6. The van der Waals surface area contributed by atoms with Crippen molar-refractivity contribution in [3.05, 3.63) is 16.8 Å². The summed E-state index contributed by atoms with van der Waals surface area (Å²) in [4.78, 5) is 31.5. The van der Waals surface area contributed by atoms with Crippen LogP contribution in [-0.4, -0.2) is 90.2 Å². The molecule has 9 nitrogen and oxygen atoms in total. The van der Waals surface area contributed by atoms with Gasteiger partial charge in [-0.1, -0.05) is 19.3 Å². The minimum Gasteiger partial charge on any atom is -0.378 e. The van der Waals surface area contributed by atoms with Gasteiger partial charge in [-0.2, -0.15) is 5.26 Å². The first-order valence-corrected chi connectivity index (χ1v) is 12.2. The normalized spacial score (nSPS) is 20.5. The Labute approximate surface area is 196 Å². The molecule has 0 aromatic carbocycles. The summed E-state index contributed by atoms with van der Waals surface area (Å²) in [6, 6.07) is 2.72. The maximum absolute atomic E-state index is 13.0. The molecule has 2 aliphatic heterocycles. The van der Waals surface area contributed by atoms with Crippen LogP contribution in [0.4, 0.5) is 10.6 Å². The predicted octanol–water partition coefficient (Wildman–Crippen LogP) is 2.49. The van der Waals surface area contributed by atoms with E-state index in [1.165, 1.54) is 19.3 Å². The van der Waals surface area contributed by atoms with Crippen LogP contribution < -0.4 is 5.32 Å². The van der Waals surface area contributed by atoms with Crippen LogP contribution in [0, 0.1) is 25.2 Å². The van der Waals surface area contributed by atoms with Crippen molar-refractivity contribution in [2.24, 2.45) is 0 Å². The second-order valence-electron chi connectivity index (χ2n) is 9.40. The van der Waals surface area contributed by atoms with Crippen molar-refractivity contribution in [1.29, 1.82) is 5.26 Å². The molecule has 1 saturated carbocycles. The molecule has 4 rings (SSSR count). The second kappa shape index (κ2) is 10.6. The van der Waals surface area contributed by atoms with Gasteiger partial charge in [0.1, 0.15) is 11.9 Å². The Kier molecular flexibility index (Phi) is 7.56. The summed E-state index contributed by atoms with van der Waals surface area (Å²) < 4.78 is 7.53. The molecule has 0 bridgehead atoms. The fourth-order valence-corrected chi connectivity index (χ4v) is 5.31. The van der Waals surface area contributed by atoms with Crippen molar-refractivity contribution >= 4 is 17.8 Å². The van der Waals surface area contributed by atoms with E-state index in [2.05, 4.69) is 20.9 Å². The number of hydrogen-bond donors (Lipinski definition) is 1. The van der Waals surface area contributed by atoms with Crippen LogP contribution in [-0.2, 0) is 9.53 Å². The summed E-state index contributed by atoms with van der Waals surface area (Å²) in [5.41, 5.74) is 2.60. The number of morpholine rings is 1. The zero-order chi connectivity index (χ0) is 23.4. The summed E-state index contributed by atoms with van der Waals surface area (Å²) in [7, 11) is 0. The lowest BCUT2D eigenvalue weighted by Gasteiger charge is -2.38. The Morgan fingerprint density at radius 1 is 1.00 bits per heavy atom. The van der Waals surface area contributed by atoms with Crippen LogP contribution in [0.2, 0.25) is 0 Å². The Morgan fingerprint density at radius 2 is 1.64 bits per heavy atom. The summed E-state index contributed by atoms with van der Waals surface area (Å²) in [5.74, 6) is 0.555. The van der Waals surface area contributed by atoms with E-state index in [1.807, 2.05) is 23.6 Å². The average molecular weight is 457 g/mol. The summed E-state index contributed by atoms with van der Waals surface area (Å²) in [6.45, 7) is 9.30. The zero-order valence-corrected chi connectivity index (χ0v) is 19.9. The standard InChI is InChI=1S/C24H36N6O3/c1-18-19(2)30(20-6-4-3-5-7-20)23(21(18)16-25)26-22(31)17-27-8-10-28(11-9-27)24(32)29-12-14-33-15-13-29/h20H,3-15,17H2,1-2H3,(H,26,31). The molecular formula is C24H36N6O3. The topological polar surface area (TPSA) is 93.8 Å². The number of rotatable bonds is 4.